The molecule has 0 unspecified atom stereocenters. The number of ether oxygens (including phenoxy) is 1. The Bertz CT molecular complexity index is 257. The van der Waals surface area contributed by atoms with Gasteiger partial charge in [0.1, 0.15) is 0 Å². The first-order valence-electron chi connectivity index (χ1n) is 5.51. The average Bonchev–Trinajstić information content (AvgIpc) is 2.67. The van der Waals surface area contributed by atoms with Crippen molar-refractivity contribution in [1.29, 1.82) is 0 Å². The minimum Gasteiger partial charge on any atom is -0.374 e. The third-order valence-corrected chi connectivity index (χ3v) is 3.16. The molecule has 3 heteroatoms. The molecular weight excluding hydrogens is 206 g/mol. The largest absolute Gasteiger partial charge is 0.374 e. The van der Waals surface area contributed by atoms with Crippen molar-refractivity contribution in [2.45, 2.75) is 32.8 Å². The molecule has 0 aliphatic heterocycles. The highest BCUT2D eigenvalue weighted by Gasteiger charge is 2.16. The number of thiophene rings is 1. The highest BCUT2D eigenvalue weighted by molar-refractivity contribution is 7.09. The van der Waals surface area contributed by atoms with Crippen molar-refractivity contribution in [2.24, 2.45) is 0 Å². The molecule has 0 aliphatic carbocycles. The summed E-state index contributed by atoms with van der Waals surface area (Å²) < 4.78 is 5.85. The molecule has 1 rings (SSSR count). The molecule has 0 saturated carbocycles. The number of hydrogen-bond donors (Lipinski definition) is 1. The Morgan fingerprint density at radius 2 is 2.27 bits per heavy atom. The smallest absolute Gasteiger partial charge is 0.0750 e. The van der Waals surface area contributed by atoms with Crippen molar-refractivity contribution in [3.8, 4) is 0 Å². The van der Waals surface area contributed by atoms with Gasteiger partial charge in [0.15, 0.2) is 0 Å². The van der Waals surface area contributed by atoms with Crippen LogP contribution in [0, 0.1) is 0 Å². The highest BCUT2D eigenvalue weighted by Crippen LogP contribution is 2.12. The van der Waals surface area contributed by atoms with Gasteiger partial charge < -0.3 is 10.1 Å². The number of rotatable bonds is 7. The van der Waals surface area contributed by atoms with Crippen LogP contribution in [0.2, 0.25) is 0 Å². The van der Waals surface area contributed by atoms with Gasteiger partial charge in [-0.3, -0.25) is 0 Å². The number of nitrogens with one attached hydrogen (secondary N) is 1. The van der Waals surface area contributed by atoms with Crippen LogP contribution in [0.5, 0.6) is 0 Å². The number of likely N-dealkylation sites (N-methyl/N-ethyl adjacent to an activating group) is 1. The Morgan fingerprint density at radius 1 is 1.47 bits per heavy atom. The molecule has 1 aromatic rings. The van der Waals surface area contributed by atoms with Crippen LogP contribution in [0.4, 0.5) is 0 Å². The molecule has 0 atom stereocenters. The van der Waals surface area contributed by atoms with Crippen LogP contribution in [0.15, 0.2) is 17.5 Å². The molecular formula is C12H21NOS. The van der Waals surface area contributed by atoms with Crippen LogP contribution in [0.1, 0.15) is 25.6 Å². The fourth-order valence-corrected chi connectivity index (χ4v) is 2.05. The molecule has 2 nitrogen and oxygen atoms in total. The third-order valence-electron chi connectivity index (χ3n) is 2.22. The molecule has 0 bridgehead atoms. The molecule has 0 amide bonds. The summed E-state index contributed by atoms with van der Waals surface area (Å²) in [5.41, 5.74) is -0.0622. The molecule has 86 valence electrons. The minimum atomic E-state index is -0.0622. The van der Waals surface area contributed by atoms with Crippen molar-refractivity contribution in [3.63, 3.8) is 0 Å². The summed E-state index contributed by atoms with van der Waals surface area (Å²) in [5, 5.41) is 5.42. The lowest BCUT2D eigenvalue weighted by Crippen LogP contribution is -2.38. The quantitative estimate of drug-likeness (QED) is 0.773. The second kappa shape index (κ2) is 6.26. The van der Waals surface area contributed by atoms with Gasteiger partial charge in [-0.05, 0) is 31.8 Å². The normalized spacial score (nSPS) is 11.9. The highest BCUT2D eigenvalue weighted by atomic mass is 32.1. The van der Waals surface area contributed by atoms with Crippen LogP contribution in [-0.2, 0) is 11.2 Å². The van der Waals surface area contributed by atoms with E-state index in [-0.39, 0.29) is 5.60 Å². The molecule has 0 saturated heterocycles. The zero-order chi connectivity index (χ0) is 11.1. The Balaban J connectivity index is 2.18. The van der Waals surface area contributed by atoms with Crippen molar-refractivity contribution in [2.75, 3.05) is 19.7 Å². The van der Waals surface area contributed by atoms with E-state index in [4.69, 9.17) is 4.74 Å². The Kier molecular flexibility index (Phi) is 5.29. The van der Waals surface area contributed by atoms with E-state index >= 15 is 0 Å². The van der Waals surface area contributed by atoms with Crippen molar-refractivity contribution in [3.05, 3.63) is 22.4 Å². The first-order valence-corrected chi connectivity index (χ1v) is 6.39. The molecule has 1 aromatic heterocycles. The standard InChI is InChI=1S/C12H21NOS/c1-4-13-10-12(2,3)14-8-7-11-6-5-9-15-11/h5-6,9,13H,4,7-8,10H2,1-3H3. The van der Waals surface area contributed by atoms with Gasteiger partial charge in [-0.15, -0.1) is 11.3 Å². The first-order chi connectivity index (χ1) is 7.14. The average molecular weight is 227 g/mol. The molecule has 0 fully saturated rings. The van der Waals surface area contributed by atoms with Gasteiger partial charge in [0.2, 0.25) is 0 Å². The summed E-state index contributed by atoms with van der Waals surface area (Å²) in [6.45, 7) is 9.08. The zero-order valence-electron chi connectivity index (χ0n) is 9.88. The second-order valence-electron chi connectivity index (χ2n) is 4.22. The number of hydrogen-bond acceptors (Lipinski definition) is 3. The summed E-state index contributed by atoms with van der Waals surface area (Å²) in [7, 11) is 0. The molecule has 15 heavy (non-hydrogen) atoms. The van der Waals surface area contributed by atoms with E-state index in [1.54, 1.807) is 11.3 Å². The lowest BCUT2D eigenvalue weighted by molar-refractivity contribution is -0.0140. The van der Waals surface area contributed by atoms with E-state index in [9.17, 15) is 0 Å². The van der Waals surface area contributed by atoms with Gasteiger partial charge in [-0.2, -0.15) is 0 Å². The maximum absolute atomic E-state index is 5.85. The maximum Gasteiger partial charge on any atom is 0.0750 e. The first kappa shape index (κ1) is 12.7. The van der Waals surface area contributed by atoms with Crippen LogP contribution < -0.4 is 5.32 Å². The van der Waals surface area contributed by atoms with E-state index in [1.165, 1.54) is 4.88 Å². The van der Waals surface area contributed by atoms with Gasteiger partial charge in [-0.1, -0.05) is 13.0 Å². The van der Waals surface area contributed by atoms with Gasteiger partial charge >= 0.3 is 0 Å². The minimum absolute atomic E-state index is 0.0622. The second-order valence-corrected chi connectivity index (χ2v) is 5.25. The van der Waals surface area contributed by atoms with E-state index in [0.717, 1.165) is 26.1 Å². The Hall–Kier alpha value is -0.380. The van der Waals surface area contributed by atoms with E-state index < -0.39 is 0 Å². The van der Waals surface area contributed by atoms with Gasteiger partial charge in [0, 0.05) is 17.8 Å². The van der Waals surface area contributed by atoms with Gasteiger partial charge in [-0.25, -0.2) is 0 Å². The fraction of sp³-hybridized carbons (Fsp3) is 0.667. The van der Waals surface area contributed by atoms with E-state index in [2.05, 4.69) is 43.6 Å². The van der Waals surface area contributed by atoms with Crippen molar-refractivity contribution in [1.82, 2.24) is 5.32 Å². The Morgan fingerprint density at radius 3 is 2.87 bits per heavy atom. The zero-order valence-corrected chi connectivity index (χ0v) is 10.7. The molecule has 0 radical (unpaired) electrons. The maximum atomic E-state index is 5.85. The monoisotopic (exact) mass is 227 g/mol. The molecule has 1 N–H and O–H groups in total. The molecule has 0 aliphatic rings. The summed E-state index contributed by atoms with van der Waals surface area (Å²) in [5.74, 6) is 0. The molecule has 0 aromatic carbocycles. The lowest BCUT2D eigenvalue weighted by atomic mass is 10.1. The van der Waals surface area contributed by atoms with E-state index in [1.807, 2.05) is 0 Å². The van der Waals surface area contributed by atoms with Crippen molar-refractivity contribution < 1.29 is 4.74 Å². The predicted octanol–water partition coefficient (Wildman–Crippen LogP) is 2.70. The topological polar surface area (TPSA) is 21.3 Å². The Labute approximate surface area is 96.7 Å². The molecule has 1 heterocycles. The van der Waals surface area contributed by atoms with Crippen LogP contribution >= 0.6 is 11.3 Å². The summed E-state index contributed by atoms with van der Waals surface area (Å²) in [6, 6.07) is 4.25. The van der Waals surface area contributed by atoms with E-state index in [0.29, 0.717) is 0 Å². The van der Waals surface area contributed by atoms with Crippen LogP contribution in [0.3, 0.4) is 0 Å². The SMILES string of the molecule is CCNCC(C)(C)OCCc1cccs1. The third kappa shape index (κ3) is 5.30. The molecule has 0 spiro atoms. The fourth-order valence-electron chi connectivity index (χ4n) is 1.36. The van der Waals surface area contributed by atoms with Gasteiger partial charge in [0.05, 0.1) is 12.2 Å². The van der Waals surface area contributed by atoms with Crippen LogP contribution in [-0.4, -0.2) is 25.3 Å². The lowest BCUT2D eigenvalue weighted by Gasteiger charge is -2.25. The summed E-state index contributed by atoms with van der Waals surface area (Å²) >= 11 is 1.80. The van der Waals surface area contributed by atoms with Gasteiger partial charge in [0.25, 0.3) is 0 Å². The summed E-state index contributed by atoms with van der Waals surface area (Å²) in [6.07, 6.45) is 1.02. The van der Waals surface area contributed by atoms with Crippen LogP contribution in [0.25, 0.3) is 0 Å². The predicted molar refractivity (Wildman–Crippen MR) is 66.6 cm³/mol. The van der Waals surface area contributed by atoms with Crippen molar-refractivity contribution >= 4 is 11.3 Å². The summed E-state index contributed by atoms with van der Waals surface area (Å²) in [4.78, 5) is 1.40.